The minimum Gasteiger partial charge on any atom is -0.406 e. The summed E-state index contributed by atoms with van der Waals surface area (Å²) in [5.74, 6) is 1.21. The second-order valence-electron chi connectivity index (χ2n) is 5.06. The number of ether oxygens (including phenoxy) is 1. The molecule has 1 atom stereocenters. The Morgan fingerprint density at radius 2 is 2.09 bits per heavy atom. The van der Waals surface area contributed by atoms with E-state index in [0.717, 1.165) is 12.2 Å². The number of likely N-dealkylation sites (tertiary alicyclic amines) is 1. The van der Waals surface area contributed by atoms with E-state index in [1.165, 1.54) is 24.3 Å². The highest BCUT2D eigenvalue weighted by atomic mass is 32.2. The smallest absolute Gasteiger partial charge is 0.406 e. The summed E-state index contributed by atoms with van der Waals surface area (Å²) in [5.41, 5.74) is 0.438. The van der Waals surface area contributed by atoms with Gasteiger partial charge in [0.05, 0.1) is 0 Å². The van der Waals surface area contributed by atoms with Crippen LogP contribution in [0.2, 0.25) is 0 Å². The van der Waals surface area contributed by atoms with Crippen molar-refractivity contribution < 1.29 is 22.7 Å². The summed E-state index contributed by atoms with van der Waals surface area (Å²) >= 11 is 1.76. The first kappa shape index (κ1) is 16.8. The van der Waals surface area contributed by atoms with Gasteiger partial charge in [0.2, 0.25) is 0 Å². The molecule has 0 aromatic heterocycles. The molecule has 0 saturated carbocycles. The number of thioether (sulfide) groups is 1. The van der Waals surface area contributed by atoms with Crippen LogP contribution in [0.5, 0.6) is 5.75 Å². The van der Waals surface area contributed by atoms with Crippen LogP contribution in [0.3, 0.4) is 0 Å². The molecule has 0 spiro atoms. The minimum absolute atomic E-state index is 0.229. The highest BCUT2D eigenvalue weighted by molar-refractivity contribution is 7.98. The van der Waals surface area contributed by atoms with Crippen LogP contribution >= 0.6 is 11.8 Å². The molecule has 1 heterocycles. The molecule has 2 amide bonds. The third-order valence-corrected chi connectivity index (χ3v) is 4.12. The molecule has 1 unspecified atom stereocenters. The Balaban J connectivity index is 1.87. The van der Waals surface area contributed by atoms with E-state index in [2.05, 4.69) is 10.1 Å². The fraction of sp³-hybridized carbons (Fsp3) is 0.500. The van der Waals surface area contributed by atoms with Crippen LogP contribution in [-0.2, 0) is 0 Å². The second-order valence-corrected chi connectivity index (χ2v) is 5.97. The molecule has 1 N–H and O–H groups in total. The van der Waals surface area contributed by atoms with Crippen molar-refractivity contribution in [3.63, 3.8) is 0 Å². The second kappa shape index (κ2) is 7.13. The zero-order valence-corrected chi connectivity index (χ0v) is 12.8. The molecular formula is C14H17F3N2O2S. The highest BCUT2D eigenvalue weighted by Crippen LogP contribution is 2.25. The normalized spacial score (nSPS) is 18.4. The summed E-state index contributed by atoms with van der Waals surface area (Å²) in [5, 5.41) is 2.68. The van der Waals surface area contributed by atoms with Gasteiger partial charge in [0.25, 0.3) is 0 Å². The Morgan fingerprint density at radius 1 is 1.41 bits per heavy atom. The predicted octanol–water partition coefficient (Wildman–Crippen LogP) is 3.80. The zero-order chi connectivity index (χ0) is 16.2. The number of benzene rings is 1. The van der Waals surface area contributed by atoms with Crippen LogP contribution in [0.1, 0.15) is 6.42 Å². The van der Waals surface area contributed by atoms with Crippen LogP contribution in [-0.4, -0.2) is 42.4 Å². The van der Waals surface area contributed by atoms with Gasteiger partial charge in [0.1, 0.15) is 5.75 Å². The van der Waals surface area contributed by atoms with Gasteiger partial charge in [-0.25, -0.2) is 4.79 Å². The molecule has 1 aromatic rings. The van der Waals surface area contributed by atoms with Gasteiger partial charge in [0, 0.05) is 18.8 Å². The van der Waals surface area contributed by atoms with Crippen molar-refractivity contribution in [2.45, 2.75) is 12.8 Å². The first-order chi connectivity index (χ1) is 10.4. The van der Waals surface area contributed by atoms with Gasteiger partial charge < -0.3 is 15.0 Å². The van der Waals surface area contributed by atoms with Crippen molar-refractivity contribution in [3.8, 4) is 5.75 Å². The lowest BCUT2D eigenvalue weighted by molar-refractivity contribution is -0.274. The van der Waals surface area contributed by atoms with E-state index in [0.29, 0.717) is 24.7 Å². The lowest BCUT2D eigenvalue weighted by atomic mass is 10.2. The fourth-order valence-electron chi connectivity index (χ4n) is 2.33. The van der Waals surface area contributed by atoms with Gasteiger partial charge in [-0.05, 0) is 48.6 Å². The molecular weight excluding hydrogens is 317 g/mol. The highest BCUT2D eigenvalue weighted by Gasteiger charge is 2.31. The van der Waals surface area contributed by atoms with E-state index >= 15 is 0 Å². The van der Waals surface area contributed by atoms with Crippen LogP contribution in [0, 0.1) is 5.92 Å². The number of nitrogens with one attached hydrogen (secondary N) is 1. The number of amides is 2. The minimum atomic E-state index is -4.72. The fourth-order valence-corrected chi connectivity index (χ4v) is 3.07. The molecule has 1 aliphatic heterocycles. The van der Waals surface area contributed by atoms with Crippen molar-refractivity contribution >= 4 is 23.5 Å². The molecule has 1 aromatic carbocycles. The maximum absolute atomic E-state index is 12.1. The maximum Gasteiger partial charge on any atom is 0.573 e. The quantitative estimate of drug-likeness (QED) is 0.910. The van der Waals surface area contributed by atoms with Gasteiger partial charge in [-0.2, -0.15) is 11.8 Å². The lowest BCUT2D eigenvalue weighted by Crippen LogP contribution is -2.33. The molecule has 4 nitrogen and oxygen atoms in total. The number of hydrogen-bond acceptors (Lipinski definition) is 3. The van der Waals surface area contributed by atoms with Crippen LogP contribution in [0.4, 0.5) is 23.7 Å². The number of nitrogens with zero attached hydrogens (tertiary/aromatic N) is 1. The van der Waals surface area contributed by atoms with Crippen molar-refractivity contribution in [2.75, 3.05) is 30.4 Å². The Morgan fingerprint density at radius 3 is 2.68 bits per heavy atom. The Kier molecular flexibility index (Phi) is 5.44. The van der Waals surface area contributed by atoms with Gasteiger partial charge in [-0.3, -0.25) is 0 Å². The van der Waals surface area contributed by atoms with Gasteiger partial charge in [-0.15, -0.1) is 13.2 Å². The predicted molar refractivity (Wildman–Crippen MR) is 80.2 cm³/mol. The lowest BCUT2D eigenvalue weighted by Gasteiger charge is -2.17. The van der Waals surface area contributed by atoms with E-state index < -0.39 is 6.36 Å². The molecule has 8 heteroatoms. The topological polar surface area (TPSA) is 41.6 Å². The summed E-state index contributed by atoms with van der Waals surface area (Å²) in [6.45, 7) is 1.41. The van der Waals surface area contributed by atoms with Gasteiger partial charge in [0.15, 0.2) is 0 Å². The number of urea groups is 1. The summed E-state index contributed by atoms with van der Waals surface area (Å²) in [6.07, 6.45) is -1.70. The molecule has 2 rings (SSSR count). The van der Waals surface area contributed by atoms with Crippen molar-refractivity contribution in [1.82, 2.24) is 4.90 Å². The van der Waals surface area contributed by atoms with E-state index in [9.17, 15) is 18.0 Å². The van der Waals surface area contributed by atoms with Gasteiger partial charge >= 0.3 is 12.4 Å². The molecule has 122 valence electrons. The SMILES string of the molecule is CSCC1CCN(C(=O)Nc2ccc(OC(F)(F)F)cc2)C1. The monoisotopic (exact) mass is 334 g/mol. The van der Waals surface area contributed by atoms with Crippen molar-refractivity contribution in [3.05, 3.63) is 24.3 Å². The maximum atomic E-state index is 12.1. The molecule has 1 saturated heterocycles. The molecule has 1 fully saturated rings. The average molecular weight is 334 g/mol. The van der Waals surface area contributed by atoms with E-state index in [4.69, 9.17) is 0 Å². The van der Waals surface area contributed by atoms with Crippen molar-refractivity contribution in [1.29, 1.82) is 0 Å². The third-order valence-electron chi connectivity index (χ3n) is 3.31. The summed E-state index contributed by atoms with van der Waals surface area (Å²) < 4.78 is 39.9. The van der Waals surface area contributed by atoms with Crippen LogP contribution in [0.15, 0.2) is 24.3 Å². The summed E-state index contributed by atoms with van der Waals surface area (Å²) in [6, 6.07) is 4.88. The Hall–Kier alpha value is -1.57. The van der Waals surface area contributed by atoms with E-state index in [1.807, 2.05) is 6.26 Å². The standard InChI is InChI=1S/C14H17F3N2O2S/c1-22-9-10-6-7-19(8-10)13(20)18-11-2-4-12(5-3-11)21-14(15,16)17/h2-5,10H,6-9H2,1H3,(H,18,20). The number of carbonyl (C=O) groups excluding carboxylic acids is 1. The Labute approximate surface area is 131 Å². The largest absolute Gasteiger partial charge is 0.573 e. The number of alkyl halides is 3. The molecule has 1 aliphatic rings. The first-order valence-electron chi connectivity index (χ1n) is 6.78. The van der Waals surface area contributed by atoms with E-state index in [1.54, 1.807) is 16.7 Å². The zero-order valence-electron chi connectivity index (χ0n) is 12.0. The Bertz CT molecular complexity index is 508. The molecule has 0 radical (unpaired) electrons. The molecule has 0 bridgehead atoms. The number of hydrogen-bond donors (Lipinski definition) is 1. The first-order valence-corrected chi connectivity index (χ1v) is 8.17. The number of carbonyl (C=O) groups is 1. The van der Waals surface area contributed by atoms with E-state index in [-0.39, 0.29) is 11.8 Å². The number of anilines is 1. The third kappa shape index (κ3) is 5.01. The van der Waals surface area contributed by atoms with Crippen LogP contribution in [0.25, 0.3) is 0 Å². The summed E-state index contributed by atoms with van der Waals surface area (Å²) in [7, 11) is 0. The molecule has 0 aliphatic carbocycles. The number of rotatable bonds is 4. The average Bonchev–Trinajstić information content (AvgIpc) is 2.88. The van der Waals surface area contributed by atoms with Gasteiger partial charge in [-0.1, -0.05) is 0 Å². The number of halogens is 3. The van der Waals surface area contributed by atoms with Crippen LogP contribution < -0.4 is 10.1 Å². The summed E-state index contributed by atoms with van der Waals surface area (Å²) in [4.78, 5) is 13.8. The molecule has 22 heavy (non-hydrogen) atoms. The van der Waals surface area contributed by atoms with Crippen molar-refractivity contribution in [2.24, 2.45) is 5.92 Å².